The van der Waals surface area contributed by atoms with Gasteiger partial charge < -0.3 is 20.6 Å². The van der Waals surface area contributed by atoms with Gasteiger partial charge in [0.1, 0.15) is 5.82 Å². The lowest BCUT2D eigenvalue weighted by Gasteiger charge is -2.27. The van der Waals surface area contributed by atoms with Gasteiger partial charge in [0, 0.05) is 44.0 Å². The summed E-state index contributed by atoms with van der Waals surface area (Å²) in [5.41, 5.74) is 1.38. The van der Waals surface area contributed by atoms with Crippen LogP contribution in [0.15, 0.2) is 35.4 Å². The molecule has 10 nitrogen and oxygen atoms in total. The van der Waals surface area contributed by atoms with E-state index in [1.165, 1.54) is 0 Å². The molecule has 0 atom stereocenters. The summed E-state index contributed by atoms with van der Waals surface area (Å²) in [6, 6.07) is 6.74. The maximum atomic E-state index is 13.3. The van der Waals surface area contributed by atoms with Crippen molar-refractivity contribution < 1.29 is 13.5 Å². The minimum atomic E-state index is -3.60. The molecule has 39 heavy (non-hydrogen) atoms. The maximum absolute atomic E-state index is 13.3. The Hall–Kier alpha value is -2.60. The minimum Gasteiger partial charge on any atom is -0.393 e. The van der Waals surface area contributed by atoms with Crippen LogP contribution in [0.1, 0.15) is 69.9 Å². The van der Waals surface area contributed by atoms with E-state index >= 15 is 0 Å². The van der Waals surface area contributed by atoms with E-state index in [4.69, 9.17) is 10.4 Å². The molecule has 2 aromatic rings. The molecule has 0 radical (unpaired) electrons. The molecule has 1 saturated heterocycles. The quantitative estimate of drug-likeness (QED) is 0.243. The zero-order valence-corrected chi connectivity index (χ0v) is 24.0. The molecular formula is C28H43N7O3S. The van der Waals surface area contributed by atoms with Crippen LogP contribution in [0.3, 0.4) is 0 Å². The number of nitrogens with one attached hydrogen (secondary N) is 3. The third kappa shape index (κ3) is 7.53. The van der Waals surface area contributed by atoms with Gasteiger partial charge in [0.15, 0.2) is 0 Å². The Morgan fingerprint density at radius 3 is 2.51 bits per heavy atom. The molecule has 214 valence electrons. The lowest BCUT2D eigenvalue weighted by molar-refractivity contribution is 0.126. The van der Waals surface area contributed by atoms with Crippen LogP contribution in [0.25, 0.3) is 0 Å². The normalized spacial score (nSPS) is 21.3. The second kappa shape index (κ2) is 13.6. The van der Waals surface area contributed by atoms with Gasteiger partial charge in [-0.05, 0) is 63.7 Å². The number of aliphatic hydroxyl groups excluding tert-OH is 1. The zero-order chi connectivity index (χ0) is 27.8. The van der Waals surface area contributed by atoms with E-state index in [2.05, 4.69) is 34.4 Å². The fourth-order valence-electron chi connectivity index (χ4n) is 5.15. The minimum absolute atomic E-state index is 0.156. The smallest absolute Gasteiger partial charge is 0.243 e. The van der Waals surface area contributed by atoms with Gasteiger partial charge in [-0.1, -0.05) is 32.4 Å². The predicted octanol–water partition coefficient (Wildman–Crippen LogP) is 3.54. The molecule has 0 bridgehead atoms. The number of nitrogens with zero attached hydrogens (tertiary/aromatic N) is 4. The van der Waals surface area contributed by atoms with Crippen molar-refractivity contribution in [1.82, 2.24) is 19.2 Å². The summed E-state index contributed by atoms with van der Waals surface area (Å²) in [5.74, 6) is 1.09. The first-order valence-electron chi connectivity index (χ1n) is 14.3. The molecular weight excluding hydrogens is 514 g/mol. The number of aromatic nitrogens is 2. The van der Waals surface area contributed by atoms with Crippen LogP contribution in [0.5, 0.6) is 0 Å². The number of anilines is 2. The van der Waals surface area contributed by atoms with Crippen LogP contribution in [-0.2, 0) is 10.0 Å². The average Bonchev–Trinajstić information content (AvgIpc) is 3.21. The van der Waals surface area contributed by atoms with E-state index in [0.29, 0.717) is 36.0 Å². The SMILES string of the molecule is CCCCNc1ncc(C(=N)c2ccc(S(=O)(=O)N3CCCN(CC)CC3)cc2)c(NC2CCC(O)CC2)n1. The highest BCUT2D eigenvalue weighted by Crippen LogP contribution is 2.26. The standard InChI is InChI=1S/C28H43N7O3S/c1-3-5-15-30-28-31-20-25(27(33-28)32-22-9-11-23(36)12-10-22)26(29)21-7-13-24(14-8-21)39(37,38)35-17-6-16-34(4-2)18-19-35/h7-8,13-14,20,22-23,29,36H,3-6,9-12,15-19H2,1-2H3,(H2,30,31,32,33). The van der Waals surface area contributed by atoms with Crippen molar-refractivity contribution >= 4 is 27.5 Å². The molecule has 4 rings (SSSR count). The average molecular weight is 558 g/mol. The highest BCUT2D eigenvalue weighted by Gasteiger charge is 2.27. The van der Waals surface area contributed by atoms with Crippen LogP contribution in [-0.4, -0.2) is 89.8 Å². The fourth-order valence-corrected chi connectivity index (χ4v) is 6.62. The van der Waals surface area contributed by atoms with Crippen molar-refractivity contribution in [2.75, 3.05) is 49.9 Å². The van der Waals surface area contributed by atoms with Crippen LogP contribution in [0.2, 0.25) is 0 Å². The summed E-state index contributed by atoms with van der Waals surface area (Å²) in [6.45, 7) is 8.55. The number of sulfonamides is 1. The van der Waals surface area contributed by atoms with Crippen LogP contribution in [0.4, 0.5) is 11.8 Å². The molecule has 1 saturated carbocycles. The van der Waals surface area contributed by atoms with E-state index in [-0.39, 0.29) is 22.8 Å². The van der Waals surface area contributed by atoms with Gasteiger partial charge in [0.25, 0.3) is 0 Å². The highest BCUT2D eigenvalue weighted by atomic mass is 32.2. The number of hydrogen-bond donors (Lipinski definition) is 4. The number of hydrogen-bond acceptors (Lipinski definition) is 9. The van der Waals surface area contributed by atoms with Gasteiger partial charge in [-0.2, -0.15) is 9.29 Å². The second-order valence-corrected chi connectivity index (χ2v) is 12.4. The first-order valence-corrected chi connectivity index (χ1v) is 15.7. The number of benzene rings is 1. The lowest BCUT2D eigenvalue weighted by Crippen LogP contribution is -2.35. The Labute approximate surface area is 232 Å². The van der Waals surface area contributed by atoms with Crippen molar-refractivity contribution in [3.63, 3.8) is 0 Å². The molecule has 11 heteroatoms. The Bertz CT molecular complexity index is 1200. The number of aliphatic hydroxyl groups is 1. The molecule has 2 fully saturated rings. The Morgan fingerprint density at radius 1 is 1.08 bits per heavy atom. The summed E-state index contributed by atoms with van der Waals surface area (Å²) in [5, 5.41) is 25.6. The largest absolute Gasteiger partial charge is 0.393 e. The molecule has 1 aromatic heterocycles. The second-order valence-electron chi connectivity index (χ2n) is 10.5. The molecule has 0 unspecified atom stereocenters. The van der Waals surface area contributed by atoms with Gasteiger partial charge in [-0.25, -0.2) is 13.4 Å². The molecule has 2 aliphatic rings. The Morgan fingerprint density at radius 2 is 1.82 bits per heavy atom. The van der Waals surface area contributed by atoms with Gasteiger partial charge in [0.2, 0.25) is 16.0 Å². The van der Waals surface area contributed by atoms with Crippen molar-refractivity contribution in [2.24, 2.45) is 0 Å². The van der Waals surface area contributed by atoms with Gasteiger partial charge >= 0.3 is 0 Å². The maximum Gasteiger partial charge on any atom is 0.243 e. The summed E-state index contributed by atoms with van der Waals surface area (Å²) in [7, 11) is -3.60. The van der Waals surface area contributed by atoms with Crippen molar-refractivity contribution in [1.29, 1.82) is 5.41 Å². The van der Waals surface area contributed by atoms with Crippen LogP contribution >= 0.6 is 0 Å². The third-order valence-corrected chi connectivity index (χ3v) is 9.60. The highest BCUT2D eigenvalue weighted by molar-refractivity contribution is 7.89. The molecule has 4 N–H and O–H groups in total. The zero-order valence-electron chi connectivity index (χ0n) is 23.2. The first kappa shape index (κ1) is 29.4. The molecule has 1 aliphatic carbocycles. The number of unbranched alkanes of at least 4 members (excludes halogenated alkanes) is 1. The number of likely N-dealkylation sites (N-methyl/N-ethyl adjacent to an activating group) is 1. The Balaban J connectivity index is 1.53. The molecule has 2 heterocycles. The predicted molar refractivity (Wildman–Crippen MR) is 155 cm³/mol. The third-order valence-electron chi connectivity index (χ3n) is 7.68. The lowest BCUT2D eigenvalue weighted by atomic mass is 9.93. The Kier molecular flexibility index (Phi) is 10.3. The van der Waals surface area contributed by atoms with Crippen LogP contribution < -0.4 is 10.6 Å². The summed E-state index contributed by atoms with van der Waals surface area (Å²) in [4.78, 5) is 11.7. The monoisotopic (exact) mass is 557 g/mol. The van der Waals surface area contributed by atoms with Crippen molar-refractivity contribution in [3.8, 4) is 0 Å². The van der Waals surface area contributed by atoms with Crippen molar-refractivity contribution in [2.45, 2.75) is 75.8 Å². The fraction of sp³-hybridized carbons (Fsp3) is 0.607. The van der Waals surface area contributed by atoms with E-state index in [1.54, 1.807) is 34.8 Å². The number of rotatable bonds is 11. The summed E-state index contributed by atoms with van der Waals surface area (Å²) >= 11 is 0. The van der Waals surface area contributed by atoms with Crippen molar-refractivity contribution in [3.05, 3.63) is 41.6 Å². The summed E-state index contributed by atoms with van der Waals surface area (Å²) in [6.07, 6.45) is 7.42. The van der Waals surface area contributed by atoms with Crippen LogP contribution in [0, 0.1) is 5.41 Å². The molecule has 1 aromatic carbocycles. The van der Waals surface area contributed by atoms with E-state index in [0.717, 1.165) is 71.1 Å². The van der Waals surface area contributed by atoms with Gasteiger partial charge in [-0.15, -0.1) is 0 Å². The molecule has 0 amide bonds. The summed E-state index contributed by atoms with van der Waals surface area (Å²) < 4.78 is 28.2. The topological polar surface area (TPSA) is 135 Å². The van der Waals surface area contributed by atoms with E-state index in [9.17, 15) is 13.5 Å². The van der Waals surface area contributed by atoms with Gasteiger partial charge in [-0.3, -0.25) is 5.41 Å². The van der Waals surface area contributed by atoms with E-state index in [1.807, 2.05) is 0 Å². The molecule has 1 aliphatic heterocycles. The molecule has 0 spiro atoms. The first-order chi connectivity index (χ1) is 18.8. The van der Waals surface area contributed by atoms with Gasteiger partial charge in [0.05, 0.1) is 22.3 Å². The van der Waals surface area contributed by atoms with E-state index < -0.39 is 10.0 Å².